The van der Waals surface area contributed by atoms with E-state index in [1.165, 1.54) is 0 Å². The summed E-state index contributed by atoms with van der Waals surface area (Å²) in [6.07, 6.45) is 2.57. The summed E-state index contributed by atoms with van der Waals surface area (Å²) in [5, 5.41) is 6.25. The van der Waals surface area contributed by atoms with Crippen molar-refractivity contribution in [1.29, 1.82) is 0 Å². The molecule has 6 heteroatoms. The van der Waals surface area contributed by atoms with Crippen molar-refractivity contribution >= 4 is 33.3 Å². The number of rotatable bonds is 3. The normalized spacial score (nSPS) is 19.9. The lowest BCUT2D eigenvalue weighted by Gasteiger charge is -2.33. The molecule has 0 aromatic carbocycles. The predicted octanol–water partition coefficient (Wildman–Crippen LogP) is 2.35. The van der Waals surface area contributed by atoms with E-state index in [1.54, 1.807) is 18.4 Å². The third-order valence-electron chi connectivity index (χ3n) is 3.54. The zero-order valence-corrected chi connectivity index (χ0v) is 12.0. The van der Waals surface area contributed by atoms with E-state index in [4.69, 9.17) is 4.74 Å². The summed E-state index contributed by atoms with van der Waals surface area (Å²) in [5.74, 6) is 1.71. The third-order valence-corrected chi connectivity index (χ3v) is 4.35. The molecule has 3 heterocycles. The summed E-state index contributed by atoms with van der Waals surface area (Å²) in [6.45, 7) is 1.94. The predicted molar refractivity (Wildman–Crippen MR) is 79.2 cm³/mol. The highest BCUT2D eigenvalue weighted by Crippen LogP contribution is 2.30. The molecule has 1 fully saturated rings. The Morgan fingerprint density at radius 1 is 1.47 bits per heavy atom. The van der Waals surface area contributed by atoms with Crippen molar-refractivity contribution in [2.24, 2.45) is 0 Å². The van der Waals surface area contributed by atoms with Crippen molar-refractivity contribution in [2.45, 2.75) is 18.9 Å². The highest BCUT2D eigenvalue weighted by molar-refractivity contribution is 7.16. The first-order valence-corrected chi connectivity index (χ1v) is 7.40. The van der Waals surface area contributed by atoms with Crippen molar-refractivity contribution in [2.75, 3.05) is 37.5 Å². The minimum atomic E-state index is 0.301. The molecule has 1 saturated heterocycles. The van der Waals surface area contributed by atoms with E-state index in [-0.39, 0.29) is 0 Å². The molecule has 19 heavy (non-hydrogen) atoms. The Labute approximate surface area is 116 Å². The van der Waals surface area contributed by atoms with Crippen LogP contribution in [0.2, 0.25) is 0 Å². The van der Waals surface area contributed by atoms with Gasteiger partial charge in [-0.3, -0.25) is 0 Å². The molecule has 0 spiro atoms. The molecule has 1 N–H and O–H groups in total. The molecule has 2 aromatic heterocycles. The van der Waals surface area contributed by atoms with Crippen molar-refractivity contribution in [3.05, 3.63) is 11.4 Å². The van der Waals surface area contributed by atoms with Crippen molar-refractivity contribution in [1.82, 2.24) is 9.97 Å². The molecule has 0 bridgehead atoms. The number of methoxy groups -OCH3 is 1. The molecule has 0 aliphatic carbocycles. The minimum absolute atomic E-state index is 0.301. The van der Waals surface area contributed by atoms with Gasteiger partial charge in [0.05, 0.1) is 11.5 Å². The fourth-order valence-corrected chi connectivity index (χ4v) is 3.27. The average Bonchev–Trinajstić information content (AvgIpc) is 2.94. The second-order valence-electron chi connectivity index (χ2n) is 4.71. The lowest BCUT2D eigenvalue weighted by Crippen LogP contribution is -2.39. The van der Waals surface area contributed by atoms with Crippen LogP contribution in [-0.4, -0.2) is 43.3 Å². The smallest absolute Gasteiger partial charge is 0.225 e. The van der Waals surface area contributed by atoms with Crippen LogP contribution in [0.5, 0.6) is 0 Å². The molecule has 102 valence electrons. The molecular formula is C13H18N4OS. The number of nitrogens with one attached hydrogen (secondary N) is 1. The van der Waals surface area contributed by atoms with Crippen LogP contribution in [0.3, 0.4) is 0 Å². The molecule has 0 radical (unpaired) electrons. The molecule has 0 saturated carbocycles. The summed E-state index contributed by atoms with van der Waals surface area (Å²) < 4.78 is 5.49. The van der Waals surface area contributed by atoms with Crippen molar-refractivity contribution < 1.29 is 4.74 Å². The van der Waals surface area contributed by atoms with E-state index >= 15 is 0 Å². The second-order valence-corrected chi connectivity index (χ2v) is 5.60. The number of anilines is 2. The first-order chi connectivity index (χ1) is 9.31. The van der Waals surface area contributed by atoms with Crippen molar-refractivity contribution in [3.63, 3.8) is 0 Å². The zero-order chi connectivity index (χ0) is 13.2. The van der Waals surface area contributed by atoms with Gasteiger partial charge in [0.15, 0.2) is 0 Å². The lowest BCUT2D eigenvalue weighted by atomic mass is 10.1. The monoisotopic (exact) mass is 278 g/mol. The van der Waals surface area contributed by atoms with Gasteiger partial charge in [-0.05, 0) is 24.3 Å². The van der Waals surface area contributed by atoms with E-state index in [2.05, 4.69) is 31.6 Å². The number of ether oxygens (including phenoxy) is 1. The summed E-state index contributed by atoms with van der Waals surface area (Å²) in [5.41, 5.74) is 0. The highest BCUT2D eigenvalue weighted by Gasteiger charge is 2.23. The zero-order valence-electron chi connectivity index (χ0n) is 11.2. The second kappa shape index (κ2) is 5.30. The molecule has 1 aliphatic rings. The quantitative estimate of drug-likeness (QED) is 0.934. The minimum Gasteiger partial charge on any atom is -0.380 e. The van der Waals surface area contributed by atoms with Crippen LogP contribution in [0, 0.1) is 0 Å². The van der Waals surface area contributed by atoms with Gasteiger partial charge in [0.1, 0.15) is 10.6 Å². The Kier molecular flexibility index (Phi) is 3.52. The summed E-state index contributed by atoms with van der Waals surface area (Å²) in [6, 6.07) is 2.10. The maximum Gasteiger partial charge on any atom is 0.225 e. The number of piperidine rings is 1. The number of nitrogens with zero attached hydrogens (tertiary/aromatic N) is 3. The number of aromatic nitrogens is 2. The average molecular weight is 278 g/mol. The molecule has 1 unspecified atom stereocenters. The lowest BCUT2D eigenvalue weighted by molar-refractivity contribution is 0.0892. The van der Waals surface area contributed by atoms with Crippen LogP contribution in [0.25, 0.3) is 10.2 Å². The van der Waals surface area contributed by atoms with Gasteiger partial charge in [0, 0.05) is 27.2 Å². The van der Waals surface area contributed by atoms with Crippen LogP contribution >= 0.6 is 11.3 Å². The Bertz CT molecular complexity index is 571. The first-order valence-electron chi connectivity index (χ1n) is 6.52. The molecular weight excluding hydrogens is 260 g/mol. The molecule has 1 atom stereocenters. The van der Waals surface area contributed by atoms with Gasteiger partial charge in [-0.25, -0.2) is 4.98 Å². The SMILES string of the molecule is CNc1nc(N2CCCC(OC)C2)c2ccsc2n1. The Hall–Kier alpha value is -1.40. The Balaban J connectivity index is 2.00. The number of hydrogen-bond acceptors (Lipinski definition) is 6. The fourth-order valence-electron chi connectivity index (χ4n) is 2.52. The number of hydrogen-bond donors (Lipinski definition) is 1. The maximum absolute atomic E-state index is 5.49. The largest absolute Gasteiger partial charge is 0.380 e. The van der Waals surface area contributed by atoms with Gasteiger partial charge in [-0.15, -0.1) is 11.3 Å². The van der Waals surface area contributed by atoms with E-state index in [0.717, 1.165) is 42.0 Å². The summed E-state index contributed by atoms with van der Waals surface area (Å²) in [7, 11) is 3.64. The van der Waals surface area contributed by atoms with Crippen LogP contribution in [-0.2, 0) is 4.74 Å². The standard InChI is InChI=1S/C13H18N4OS/c1-14-13-15-11(10-5-7-19-12(10)16-13)17-6-3-4-9(8-17)18-2/h5,7,9H,3-4,6,8H2,1-2H3,(H,14,15,16). The highest BCUT2D eigenvalue weighted by atomic mass is 32.1. The van der Waals surface area contributed by atoms with Gasteiger partial charge in [-0.1, -0.05) is 0 Å². The van der Waals surface area contributed by atoms with Gasteiger partial charge in [-0.2, -0.15) is 4.98 Å². The summed E-state index contributed by atoms with van der Waals surface area (Å²) >= 11 is 1.65. The maximum atomic E-state index is 5.49. The van der Waals surface area contributed by atoms with Gasteiger partial charge in [0.2, 0.25) is 5.95 Å². The number of fused-ring (bicyclic) bond motifs is 1. The van der Waals surface area contributed by atoms with E-state index in [9.17, 15) is 0 Å². The molecule has 5 nitrogen and oxygen atoms in total. The topological polar surface area (TPSA) is 50.3 Å². The van der Waals surface area contributed by atoms with E-state index in [1.807, 2.05) is 7.05 Å². The Morgan fingerprint density at radius 2 is 2.37 bits per heavy atom. The molecule has 2 aromatic rings. The molecule has 1 aliphatic heterocycles. The van der Waals surface area contributed by atoms with Crippen LogP contribution in [0.1, 0.15) is 12.8 Å². The third kappa shape index (κ3) is 2.37. The van der Waals surface area contributed by atoms with Crippen LogP contribution < -0.4 is 10.2 Å². The molecule has 3 rings (SSSR count). The molecule has 0 amide bonds. The van der Waals surface area contributed by atoms with Gasteiger partial charge < -0.3 is 15.0 Å². The first kappa shape index (κ1) is 12.6. The summed E-state index contributed by atoms with van der Waals surface area (Å²) in [4.78, 5) is 12.5. The van der Waals surface area contributed by atoms with E-state index < -0.39 is 0 Å². The fraction of sp³-hybridized carbons (Fsp3) is 0.538. The van der Waals surface area contributed by atoms with Crippen LogP contribution in [0.4, 0.5) is 11.8 Å². The van der Waals surface area contributed by atoms with Gasteiger partial charge in [0.25, 0.3) is 0 Å². The van der Waals surface area contributed by atoms with Crippen molar-refractivity contribution in [3.8, 4) is 0 Å². The van der Waals surface area contributed by atoms with Gasteiger partial charge >= 0.3 is 0 Å². The van der Waals surface area contributed by atoms with E-state index in [0.29, 0.717) is 12.1 Å². The number of thiophene rings is 1. The van der Waals surface area contributed by atoms with Crippen LogP contribution in [0.15, 0.2) is 11.4 Å². The Morgan fingerprint density at radius 3 is 3.16 bits per heavy atom.